The number of hydrogen-bond donors (Lipinski definition) is 3. The fourth-order valence-electron chi connectivity index (χ4n) is 1.31. The lowest BCUT2D eigenvalue weighted by Gasteiger charge is -2.08. The highest BCUT2D eigenvalue weighted by molar-refractivity contribution is 6.45. The Labute approximate surface area is 125 Å². The summed E-state index contributed by atoms with van der Waals surface area (Å²) in [6.45, 7) is 0.696. The van der Waals surface area contributed by atoms with Crippen molar-refractivity contribution in [1.82, 2.24) is 10.6 Å². The van der Waals surface area contributed by atoms with Crippen LogP contribution in [0.5, 0.6) is 0 Å². The van der Waals surface area contributed by atoms with Crippen LogP contribution >= 0.6 is 23.2 Å². The molecule has 0 aliphatic carbocycles. The monoisotopic (exact) mass is 317 g/mol. The third-order valence-electron chi connectivity index (χ3n) is 2.27. The number of carbonyl (C=O) groups is 3. The summed E-state index contributed by atoms with van der Waals surface area (Å²) in [6.07, 6.45) is 1.09. The summed E-state index contributed by atoms with van der Waals surface area (Å²) in [4.78, 5) is 33.1. The maximum absolute atomic E-state index is 11.6. The fourth-order valence-corrected chi connectivity index (χ4v) is 1.66. The van der Waals surface area contributed by atoms with Crippen LogP contribution in [0, 0.1) is 0 Å². The SMILES string of the molecule is O=CNCCCNC(=O)C(=O)Nc1cccc(Cl)c1Cl. The van der Waals surface area contributed by atoms with Gasteiger partial charge in [-0.3, -0.25) is 14.4 Å². The lowest BCUT2D eigenvalue weighted by molar-refractivity contribution is -0.136. The Hall–Kier alpha value is -1.79. The summed E-state index contributed by atoms with van der Waals surface area (Å²) in [7, 11) is 0. The van der Waals surface area contributed by atoms with Crippen LogP contribution in [-0.4, -0.2) is 31.3 Å². The van der Waals surface area contributed by atoms with Gasteiger partial charge in [0.25, 0.3) is 0 Å². The third kappa shape index (κ3) is 5.07. The minimum absolute atomic E-state index is 0.172. The second kappa shape index (κ2) is 8.39. The van der Waals surface area contributed by atoms with E-state index in [-0.39, 0.29) is 22.3 Å². The highest BCUT2D eigenvalue weighted by Crippen LogP contribution is 2.29. The van der Waals surface area contributed by atoms with Crippen molar-refractivity contribution in [2.75, 3.05) is 18.4 Å². The maximum Gasteiger partial charge on any atom is 0.313 e. The summed E-state index contributed by atoms with van der Waals surface area (Å²) < 4.78 is 0. The number of halogens is 2. The number of carbonyl (C=O) groups excluding carboxylic acids is 3. The molecule has 0 atom stereocenters. The molecule has 0 unspecified atom stereocenters. The molecule has 108 valence electrons. The Kier molecular flexibility index (Phi) is 6.83. The van der Waals surface area contributed by atoms with Crippen molar-refractivity contribution < 1.29 is 14.4 Å². The van der Waals surface area contributed by atoms with Crippen LogP contribution in [0.2, 0.25) is 10.0 Å². The van der Waals surface area contributed by atoms with Crippen LogP contribution in [0.15, 0.2) is 18.2 Å². The van der Waals surface area contributed by atoms with E-state index in [9.17, 15) is 14.4 Å². The van der Waals surface area contributed by atoms with E-state index in [1.165, 1.54) is 6.07 Å². The van der Waals surface area contributed by atoms with Gasteiger partial charge in [-0.25, -0.2) is 0 Å². The third-order valence-corrected chi connectivity index (χ3v) is 3.09. The van der Waals surface area contributed by atoms with Gasteiger partial charge in [0.2, 0.25) is 6.41 Å². The molecule has 1 aromatic carbocycles. The maximum atomic E-state index is 11.6. The highest BCUT2D eigenvalue weighted by Gasteiger charge is 2.15. The second-order valence-corrected chi connectivity index (χ2v) is 4.52. The van der Waals surface area contributed by atoms with Crippen molar-refractivity contribution in [3.8, 4) is 0 Å². The molecule has 3 N–H and O–H groups in total. The molecule has 0 saturated carbocycles. The quantitative estimate of drug-likeness (QED) is 0.418. The van der Waals surface area contributed by atoms with E-state index in [4.69, 9.17) is 23.2 Å². The summed E-state index contributed by atoms with van der Waals surface area (Å²) in [5.74, 6) is -1.62. The van der Waals surface area contributed by atoms with Gasteiger partial charge in [-0.05, 0) is 18.6 Å². The van der Waals surface area contributed by atoms with Gasteiger partial charge in [-0.2, -0.15) is 0 Å². The van der Waals surface area contributed by atoms with Gasteiger partial charge in [0.1, 0.15) is 0 Å². The van der Waals surface area contributed by atoms with Gasteiger partial charge in [-0.15, -0.1) is 0 Å². The highest BCUT2D eigenvalue weighted by atomic mass is 35.5. The van der Waals surface area contributed by atoms with Gasteiger partial charge >= 0.3 is 11.8 Å². The molecule has 0 aliphatic rings. The number of nitrogens with one attached hydrogen (secondary N) is 3. The Balaban J connectivity index is 2.43. The Morgan fingerprint density at radius 2 is 1.90 bits per heavy atom. The molecule has 6 nitrogen and oxygen atoms in total. The van der Waals surface area contributed by atoms with Gasteiger partial charge in [-0.1, -0.05) is 29.3 Å². The first-order valence-corrected chi connectivity index (χ1v) is 6.52. The molecule has 0 saturated heterocycles. The minimum Gasteiger partial charge on any atom is -0.359 e. The Bertz CT molecular complexity index is 509. The zero-order valence-electron chi connectivity index (χ0n) is 10.4. The van der Waals surface area contributed by atoms with Crippen molar-refractivity contribution in [3.05, 3.63) is 28.2 Å². The lowest BCUT2D eigenvalue weighted by Crippen LogP contribution is -2.36. The zero-order chi connectivity index (χ0) is 15.0. The number of rotatable bonds is 6. The van der Waals surface area contributed by atoms with E-state index < -0.39 is 11.8 Å². The van der Waals surface area contributed by atoms with Crippen molar-refractivity contribution in [3.63, 3.8) is 0 Å². The van der Waals surface area contributed by atoms with Gasteiger partial charge in [0.05, 0.1) is 15.7 Å². The Morgan fingerprint density at radius 1 is 1.15 bits per heavy atom. The molecule has 1 rings (SSSR count). The molecular weight excluding hydrogens is 305 g/mol. The van der Waals surface area contributed by atoms with E-state index in [1.54, 1.807) is 12.1 Å². The summed E-state index contributed by atoms with van der Waals surface area (Å²) >= 11 is 11.7. The molecule has 3 amide bonds. The molecule has 0 aromatic heterocycles. The van der Waals surface area contributed by atoms with Crippen LogP contribution in [0.3, 0.4) is 0 Å². The summed E-state index contributed by atoms with van der Waals surface area (Å²) in [6, 6.07) is 4.71. The largest absolute Gasteiger partial charge is 0.359 e. The number of anilines is 1. The summed E-state index contributed by atoms with van der Waals surface area (Å²) in [5, 5.41) is 7.67. The van der Waals surface area contributed by atoms with Gasteiger partial charge < -0.3 is 16.0 Å². The summed E-state index contributed by atoms with van der Waals surface area (Å²) in [5.41, 5.74) is 0.266. The first kappa shape index (κ1) is 16.3. The van der Waals surface area contributed by atoms with E-state index in [2.05, 4.69) is 16.0 Å². The minimum atomic E-state index is -0.836. The molecule has 0 heterocycles. The standard InChI is InChI=1S/C12H13Cl2N3O3/c13-8-3-1-4-9(10(8)14)17-12(20)11(19)16-6-2-5-15-7-18/h1,3-4,7H,2,5-6H2,(H,15,18)(H,16,19)(H,17,20). The van der Waals surface area contributed by atoms with E-state index >= 15 is 0 Å². The van der Waals surface area contributed by atoms with Crippen LogP contribution in [0.1, 0.15) is 6.42 Å². The van der Waals surface area contributed by atoms with Crippen LogP contribution in [0.4, 0.5) is 5.69 Å². The normalized spacial score (nSPS) is 9.70. The topological polar surface area (TPSA) is 87.3 Å². The average Bonchev–Trinajstić information content (AvgIpc) is 2.43. The zero-order valence-corrected chi connectivity index (χ0v) is 11.9. The Morgan fingerprint density at radius 3 is 2.60 bits per heavy atom. The smallest absolute Gasteiger partial charge is 0.313 e. The van der Waals surface area contributed by atoms with Crippen molar-refractivity contribution in [2.45, 2.75) is 6.42 Å². The van der Waals surface area contributed by atoms with Crippen LogP contribution in [0.25, 0.3) is 0 Å². The first-order valence-electron chi connectivity index (χ1n) is 5.76. The van der Waals surface area contributed by atoms with Crippen LogP contribution < -0.4 is 16.0 Å². The molecule has 0 bridgehead atoms. The van der Waals surface area contributed by atoms with Gasteiger partial charge in [0, 0.05) is 13.1 Å². The van der Waals surface area contributed by atoms with Crippen molar-refractivity contribution in [2.24, 2.45) is 0 Å². The molecule has 0 aliphatic heterocycles. The molecule has 20 heavy (non-hydrogen) atoms. The molecule has 1 aromatic rings. The first-order chi connectivity index (χ1) is 9.56. The molecular formula is C12H13Cl2N3O3. The lowest BCUT2D eigenvalue weighted by atomic mass is 10.3. The number of hydrogen-bond acceptors (Lipinski definition) is 3. The average molecular weight is 318 g/mol. The number of amides is 3. The van der Waals surface area contributed by atoms with E-state index in [1.807, 2.05) is 0 Å². The van der Waals surface area contributed by atoms with Crippen LogP contribution in [-0.2, 0) is 14.4 Å². The number of benzene rings is 1. The van der Waals surface area contributed by atoms with Crippen molar-refractivity contribution >= 4 is 47.1 Å². The van der Waals surface area contributed by atoms with E-state index in [0.29, 0.717) is 19.4 Å². The predicted octanol–water partition coefficient (Wildman–Crippen LogP) is 1.18. The molecule has 0 spiro atoms. The predicted molar refractivity (Wildman–Crippen MR) is 76.8 cm³/mol. The van der Waals surface area contributed by atoms with Gasteiger partial charge in [0.15, 0.2) is 0 Å². The molecule has 8 heteroatoms. The molecule has 0 radical (unpaired) electrons. The molecule has 0 fully saturated rings. The second-order valence-electron chi connectivity index (χ2n) is 3.74. The fraction of sp³-hybridized carbons (Fsp3) is 0.250. The van der Waals surface area contributed by atoms with E-state index in [0.717, 1.165) is 0 Å². The van der Waals surface area contributed by atoms with Crippen molar-refractivity contribution in [1.29, 1.82) is 0 Å².